The first-order valence-electron chi connectivity index (χ1n) is 2.67. The molecule has 0 spiro atoms. The quantitative estimate of drug-likeness (QED) is 0.541. The molecule has 0 aliphatic rings. The molecule has 0 aromatic heterocycles. The van der Waals surface area contributed by atoms with Gasteiger partial charge in [-0.1, -0.05) is 6.08 Å². The molecule has 52 valence electrons. The first-order valence-corrected chi connectivity index (χ1v) is 2.67. The molecule has 0 saturated heterocycles. The lowest BCUT2D eigenvalue weighted by Crippen LogP contribution is -2.11. The number of carboxylic acids is 1. The number of hydrogen-bond acceptors (Lipinski definition) is 2. The highest BCUT2D eigenvalue weighted by molar-refractivity contribution is 5.67. The Hall–Kier alpha value is -0.830. The van der Waals surface area contributed by atoms with Crippen molar-refractivity contribution in [2.24, 2.45) is 0 Å². The Bertz CT molecular complexity index is 109. The van der Waals surface area contributed by atoms with Gasteiger partial charge in [-0.2, -0.15) is 0 Å². The third kappa shape index (κ3) is 5.03. The van der Waals surface area contributed by atoms with E-state index in [4.69, 9.17) is 10.2 Å². The zero-order valence-corrected chi connectivity index (χ0v) is 5.08. The van der Waals surface area contributed by atoms with E-state index in [1.807, 2.05) is 0 Å². The van der Waals surface area contributed by atoms with Crippen LogP contribution in [0.15, 0.2) is 12.7 Å². The number of rotatable bonds is 4. The summed E-state index contributed by atoms with van der Waals surface area (Å²) in [5.74, 6) is -0.982. The van der Waals surface area contributed by atoms with Crippen molar-refractivity contribution in [1.82, 2.24) is 0 Å². The van der Waals surface area contributed by atoms with Crippen molar-refractivity contribution in [2.75, 3.05) is 0 Å². The number of hydrogen-bond donors (Lipinski definition) is 2. The van der Waals surface area contributed by atoms with Crippen LogP contribution in [0.2, 0.25) is 0 Å². The van der Waals surface area contributed by atoms with Gasteiger partial charge in [-0.05, 0) is 6.42 Å². The van der Waals surface area contributed by atoms with Crippen molar-refractivity contribution in [2.45, 2.75) is 18.9 Å². The van der Waals surface area contributed by atoms with Crippen molar-refractivity contribution in [3.05, 3.63) is 12.7 Å². The van der Waals surface area contributed by atoms with Crippen molar-refractivity contribution < 1.29 is 15.0 Å². The van der Waals surface area contributed by atoms with Gasteiger partial charge in [-0.25, -0.2) is 0 Å². The van der Waals surface area contributed by atoms with E-state index in [0.29, 0.717) is 6.42 Å². The van der Waals surface area contributed by atoms with Crippen molar-refractivity contribution in [3.63, 3.8) is 0 Å². The molecule has 0 aliphatic carbocycles. The molecule has 0 rings (SSSR count). The molecule has 0 radical (unpaired) electrons. The Kier molecular flexibility index (Phi) is 3.71. The van der Waals surface area contributed by atoms with E-state index in [-0.39, 0.29) is 6.42 Å². The van der Waals surface area contributed by atoms with Crippen LogP contribution in [0, 0.1) is 0 Å². The van der Waals surface area contributed by atoms with Crippen molar-refractivity contribution >= 4 is 5.97 Å². The van der Waals surface area contributed by atoms with Gasteiger partial charge in [0.05, 0.1) is 12.5 Å². The smallest absolute Gasteiger partial charge is 0.305 e. The summed E-state index contributed by atoms with van der Waals surface area (Å²) >= 11 is 0. The van der Waals surface area contributed by atoms with Crippen LogP contribution in [0.4, 0.5) is 0 Å². The Morgan fingerprint density at radius 2 is 2.33 bits per heavy atom. The van der Waals surface area contributed by atoms with Gasteiger partial charge in [-0.3, -0.25) is 4.79 Å². The van der Waals surface area contributed by atoms with E-state index in [9.17, 15) is 4.79 Å². The molecule has 0 saturated carbocycles. The molecule has 0 fully saturated rings. The van der Waals surface area contributed by atoms with Gasteiger partial charge in [-0.15, -0.1) is 6.58 Å². The minimum Gasteiger partial charge on any atom is -0.481 e. The molecule has 3 heteroatoms. The number of carboxylic acid groups (broad SMARTS) is 1. The summed E-state index contributed by atoms with van der Waals surface area (Å²) in [5, 5.41) is 16.9. The number of aliphatic carboxylic acids is 1. The highest BCUT2D eigenvalue weighted by atomic mass is 16.4. The fourth-order valence-corrected chi connectivity index (χ4v) is 0.477. The molecule has 3 nitrogen and oxygen atoms in total. The first-order chi connectivity index (χ1) is 4.16. The topological polar surface area (TPSA) is 57.5 Å². The zero-order chi connectivity index (χ0) is 7.28. The molecule has 0 unspecified atom stereocenters. The average molecular weight is 130 g/mol. The molecule has 0 aliphatic heterocycles. The van der Waals surface area contributed by atoms with Crippen LogP contribution in [0.3, 0.4) is 0 Å². The monoisotopic (exact) mass is 130 g/mol. The van der Waals surface area contributed by atoms with Crippen molar-refractivity contribution in [1.29, 1.82) is 0 Å². The third-order valence-electron chi connectivity index (χ3n) is 0.849. The molecule has 0 amide bonds. The van der Waals surface area contributed by atoms with E-state index in [2.05, 4.69) is 6.58 Å². The maximum absolute atomic E-state index is 9.89. The normalized spacial score (nSPS) is 12.6. The molecule has 1 atom stereocenters. The van der Waals surface area contributed by atoms with Gasteiger partial charge in [0.2, 0.25) is 0 Å². The van der Waals surface area contributed by atoms with Gasteiger partial charge in [0, 0.05) is 0 Å². The summed E-state index contributed by atoms with van der Waals surface area (Å²) in [6.45, 7) is 3.36. The minimum absolute atomic E-state index is 0.202. The second-order valence-electron chi connectivity index (χ2n) is 1.78. The standard InChI is InChI=1S/C6H10O3/c1-2-3-5(7)4-6(8)9/h2,5,7H,1,3-4H2,(H,8,9)/t5-/m1/s1. The summed E-state index contributed by atoms with van der Waals surface area (Å²) in [4.78, 5) is 9.89. The first kappa shape index (κ1) is 8.17. The zero-order valence-electron chi connectivity index (χ0n) is 5.08. The molecule has 2 N–H and O–H groups in total. The number of aliphatic hydroxyl groups excluding tert-OH is 1. The van der Waals surface area contributed by atoms with E-state index in [1.165, 1.54) is 6.08 Å². The highest BCUT2D eigenvalue weighted by Crippen LogP contribution is 1.96. The Morgan fingerprint density at radius 3 is 2.67 bits per heavy atom. The number of aliphatic hydroxyl groups is 1. The average Bonchev–Trinajstić information content (AvgIpc) is 1.63. The number of carbonyl (C=O) groups is 1. The summed E-state index contributed by atoms with van der Waals surface area (Å²) < 4.78 is 0. The minimum atomic E-state index is -0.982. The maximum Gasteiger partial charge on any atom is 0.305 e. The second-order valence-corrected chi connectivity index (χ2v) is 1.78. The molecular weight excluding hydrogens is 120 g/mol. The van der Waals surface area contributed by atoms with E-state index < -0.39 is 12.1 Å². The maximum atomic E-state index is 9.89. The Labute approximate surface area is 53.6 Å². The van der Waals surface area contributed by atoms with Crippen LogP contribution >= 0.6 is 0 Å². The third-order valence-corrected chi connectivity index (χ3v) is 0.849. The summed E-state index contributed by atoms with van der Waals surface area (Å²) in [6, 6.07) is 0. The van der Waals surface area contributed by atoms with Crippen LogP contribution in [-0.2, 0) is 4.79 Å². The predicted octanol–water partition coefficient (Wildman–Crippen LogP) is 0.398. The van der Waals surface area contributed by atoms with Gasteiger partial charge < -0.3 is 10.2 Å². The molecule has 0 aromatic carbocycles. The molecule has 0 bridgehead atoms. The van der Waals surface area contributed by atoms with Crippen LogP contribution in [0.25, 0.3) is 0 Å². The Morgan fingerprint density at radius 1 is 1.78 bits per heavy atom. The molecule has 0 aromatic rings. The molecule has 0 heterocycles. The highest BCUT2D eigenvalue weighted by Gasteiger charge is 2.05. The summed E-state index contributed by atoms with van der Waals surface area (Å²) in [6.07, 6.45) is 0.853. The second kappa shape index (κ2) is 4.09. The lowest BCUT2D eigenvalue weighted by molar-refractivity contribution is -0.139. The van der Waals surface area contributed by atoms with Gasteiger partial charge in [0.25, 0.3) is 0 Å². The van der Waals surface area contributed by atoms with Gasteiger partial charge in [0.15, 0.2) is 0 Å². The van der Waals surface area contributed by atoms with Crippen LogP contribution in [0.1, 0.15) is 12.8 Å². The van der Waals surface area contributed by atoms with Crippen LogP contribution in [-0.4, -0.2) is 22.3 Å². The lowest BCUT2D eigenvalue weighted by Gasteiger charge is -2.01. The van der Waals surface area contributed by atoms with E-state index >= 15 is 0 Å². The summed E-state index contributed by atoms with van der Waals surface area (Å²) in [7, 11) is 0. The van der Waals surface area contributed by atoms with Crippen LogP contribution < -0.4 is 0 Å². The Balaban J connectivity index is 3.37. The molecular formula is C6H10O3. The fourth-order valence-electron chi connectivity index (χ4n) is 0.477. The van der Waals surface area contributed by atoms with Gasteiger partial charge in [0.1, 0.15) is 0 Å². The van der Waals surface area contributed by atoms with Crippen molar-refractivity contribution in [3.8, 4) is 0 Å². The lowest BCUT2D eigenvalue weighted by atomic mass is 10.2. The van der Waals surface area contributed by atoms with E-state index in [0.717, 1.165) is 0 Å². The summed E-state index contributed by atoms with van der Waals surface area (Å²) in [5.41, 5.74) is 0. The largest absolute Gasteiger partial charge is 0.481 e. The predicted molar refractivity (Wildman–Crippen MR) is 33.1 cm³/mol. The fraction of sp³-hybridized carbons (Fsp3) is 0.500. The SMILES string of the molecule is C=CC[C@@H](O)CC(=O)O. The van der Waals surface area contributed by atoms with E-state index in [1.54, 1.807) is 0 Å². The van der Waals surface area contributed by atoms with Crippen LogP contribution in [0.5, 0.6) is 0 Å². The van der Waals surface area contributed by atoms with Gasteiger partial charge >= 0.3 is 5.97 Å². The molecule has 9 heavy (non-hydrogen) atoms.